The number of rotatable bonds is 6. The van der Waals surface area contributed by atoms with Crippen molar-refractivity contribution in [3.05, 3.63) is 18.2 Å². The molecular formula is C15H18F5N3O4S. The highest BCUT2D eigenvalue weighted by Gasteiger charge is 2.71. The van der Waals surface area contributed by atoms with E-state index in [1.807, 2.05) is 0 Å². The van der Waals surface area contributed by atoms with Gasteiger partial charge in [0.25, 0.3) is 16.1 Å². The Balaban J connectivity index is 1.57. The van der Waals surface area contributed by atoms with Gasteiger partial charge < -0.3 is 9.47 Å². The maximum absolute atomic E-state index is 14.5. The zero-order valence-corrected chi connectivity index (χ0v) is 15.3. The number of nitrogens with two attached hydrogens (primary N) is 1. The van der Waals surface area contributed by atoms with Gasteiger partial charge in [0.15, 0.2) is 6.61 Å². The van der Waals surface area contributed by atoms with Crippen molar-refractivity contribution < 1.29 is 39.8 Å². The third-order valence-corrected chi connectivity index (χ3v) is 6.05. The number of halogens is 5. The van der Waals surface area contributed by atoms with E-state index in [9.17, 15) is 30.4 Å². The maximum Gasteiger partial charge on any atom is 0.422 e. The minimum atomic E-state index is -4.52. The number of hydrogen-bond donors (Lipinski definition) is 1. The minimum Gasteiger partial charge on any atom is -0.477 e. The number of piperidine rings is 1. The fourth-order valence-corrected chi connectivity index (χ4v) is 4.12. The molecule has 1 saturated heterocycles. The zero-order chi connectivity index (χ0) is 20.8. The van der Waals surface area contributed by atoms with Crippen LogP contribution in [0.4, 0.5) is 22.0 Å². The molecular weight excluding hydrogens is 413 g/mol. The number of ether oxygens (including phenoxy) is 2. The van der Waals surface area contributed by atoms with E-state index in [0.29, 0.717) is 4.31 Å². The summed E-state index contributed by atoms with van der Waals surface area (Å²) in [6.07, 6.45) is -4.44. The summed E-state index contributed by atoms with van der Waals surface area (Å²) in [4.78, 5) is 3.75. The van der Waals surface area contributed by atoms with Crippen molar-refractivity contribution in [2.24, 2.45) is 16.5 Å². The first-order valence-electron chi connectivity index (χ1n) is 8.28. The molecule has 158 valence electrons. The highest BCUT2D eigenvalue weighted by molar-refractivity contribution is 7.86. The van der Waals surface area contributed by atoms with Gasteiger partial charge in [-0.2, -0.15) is 30.9 Å². The molecule has 28 heavy (non-hydrogen) atoms. The van der Waals surface area contributed by atoms with Gasteiger partial charge in [-0.1, -0.05) is 6.07 Å². The van der Waals surface area contributed by atoms with Crippen molar-refractivity contribution in [3.63, 3.8) is 0 Å². The lowest BCUT2D eigenvalue weighted by Gasteiger charge is -2.38. The summed E-state index contributed by atoms with van der Waals surface area (Å²) < 4.78 is 98.6. The number of hydrogen-bond acceptors (Lipinski definition) is 5. The van der Waals surface area contributed by atoms with E-state index in [-0.39, 0.29) is 37.8 Å². The summed E-state index contributed by atoms with van der Waals surface area (Å²) >= 11 is 0. The Labute approximate surface area is 157 Å². The van der Waals surface area contributed by atoms with Crippen molar-refractivity contribution in [1.82, 2.24) is 9.29 Å². The molecule has 2 aliphatic rings. The standard InChI is InChI=1S/C15H18F5N3O4S/c16-14(17)8-23(28(21,24)25)5-4-13(14)6-10(13)7-26-11-2-1-3-12(22-11)27-9-15(18,19)20/h1-3,10H,4-9H2,(H2,21,24,25). The Morgan fingerprint density at radius 1 is 1.25 bits per heavy atom. The van der Waals surface area contributed by atoms with Crippen LogP contribution >= 0.6 is 0 Å². The van der Waals surface area contributed by atoms with Crippen LogP contribution in [0.2, 0.25) is 0 Å². The third-order valence-electron chi connectivity index (χ3n) is 5.02. The van der Waals surface area contributed by atoms with Crippen LogP contribution in [-0.2, 0) is 10.2 Å². The molecule has 1 saturated carbocycles. The van der Waals surface area contributed by atoms with Gasteiger partial charge in [-0.3, -0.25) is 0 Å². The van der Waals surface area contributed by atoms with E-state index in [4.69, 9.17) is 9.88 Å². The quantitative estimate of drug-likeness (QED) is 0.695. The Hall–Kier alpha value is -1.73. The predicted octanol–water partition coefficient (Wildman–Crippen LogP) is 1.95. The van der Waals surface area contributed by atoms with Gasteiger partial charge in [0.05, 0.1) is 13.2 Å². The van der Waals surface area contributed by atoms with Crippen molar-refractivity contribution in [2.75, 3.05) is 26.3 Å². The lowest BCUT2D eigenvalue weighted by Crippen LogP contribution is -2.54. The van der Waals surface area contributed by atoms with Crippen LogP contribution in [0.5, 0.6) is 11.8 Å². The lowest BCUT2D eigenvalue weighted by molar-refractivity contribution is -0.154. The van der Waals surface area contributed by atoms with E-state index >= 15 is 0 Å². The molecule has 7 nitrogen and oxygen atoms in total. The summed E-state index contributed by atoms with van der Waals surface area (Å²) in [5.41, 5.74) is -1.38. The first-order valence-corrected chi connectivity index (χ1v) is 9.78. The minimum absolute atomic E-state index is 0.0491. The van der Waals surface area contributed by atoms with Crippen LogP contribution in [0, 0.1) is 11.3 Å². The average molecular weight is 431 g/mol. The molecule has 0 radical (unpaired) electrons. The van der Waals surface area contributed by atoms with Crippen molar-refractivity contribution >= 4 is 10.2 Å². The Morgan fingerprint density at radius 2 is 1.89 bits per heavy atom. The van der Waals surface area contributed by atoms with Crippen molar-refractivity contribution in [2.45, 2.75) is 24.9 Å². The summed E-state index contributed by atoms with van der Waals surface area (Å²) in [6, 6.07) is 3.96. The molecule has 2 N–H and O–H groups in total. The largest absolute Gasteiger partial charge is 0.477 e. The zero-order valence-electron chi connectivity index (χ0n) is 14.5. The molecule has 1 aromatic heterocycles. The molecule has 13 heteroatoms. The molecule has 1 aromatic rings. The van der Waals surface area contributed by atoms with E-state index in [1.54, 1.807) is 0 Å². The molecule has 2 heterocycles. The summed E-state index contributed by atoms with van der Waals surface area (Å²) in [5.74, 6) is -4.15. The molecule has 1 aliphatic carbocycles. The molecule has 2 unspecified atom stereocenters. The first kappa shape index (κ1) is 21.0. The molecule has 2 fully saturated rings. The van der Waals surface area contributed by atoms with Crippen LogP contribution in [-0.4, -0.2) is 56.1 Å². The van der Waals surface area contributed by atoms with Crippen LogP contribution < -0.4 is 14.6 Å². The van der Waals surface area contributed by atoms with Gasteiger partial charge in [-0.15, -0.1) is 0 Å². The van der Waals surface area contributed by atoms with Crippen LogP contribution in [0.1, 0.15) is 12.8 Å². The van der Waals surface area contributed by atoms with Crippen LogP contribution in [0.25, 0.3) is 0 Å². The summed E-state index contributed by atoms with van der Waals surface area (Å²) in [7, 11) is -4.19. The SMILES string of the molecule is NS(=O)(=O)N1CCC2(CC2COc2cccc(OCC(F)(F)F)n2)C(F)(F)C1. The van der Waals surface area contributed by atoms with Gasteiger partial charge in [-0.25, -0.2) is 13.9 Å². The van der Waals surface area contributed by atoms with Gasteiger partial charge in [0, 0.05) is 30.0 Å². The average Bonchev–Trinajstić information content (AvgIpc) is 3.28. The van der Waals surface area contributed by atoms with Crippen LogP contribution in [0.15, 0.2) is 18.2 Å². The second kappa shape index (κ2) is 6.95. The van der Waals surface area contributed by atoms with Crippen molar-refractivity contribution in [1.29, 1.82) is 0 Å². The third kappa shape index (κ3) is 4.46. The fourth-order valence-electron chi connectivity index (χ4n) is 3.43. The molecule has 3 rings (SSSR count). The molecule has 1 spiro atoms. The molecule has 0 aromatic carbocycles. The monoisotopic (exact) mass is 431 g/mol. The summed E-state index contributed by atoms with van der Waals surface area (Å²) in [6.45, 7) is -2.73. The number of alkyl halides is 5. The Morgan fingerprint density at radius 3 is 2.46 bits per heavy atom. The fraction of sp³-hybridized carbons (Fsp3) is 0.667. The van der Waals surface area contributed by atoms with Gasteiger partial charge in [0.1, 0.15) is 0 Å². The molecule has 2 atom stereocenters. The number of aromatic nitrogens is 1. The van der Waals surface area contributed by atoms with Crippen LogP contribution in [0.3, 0.4) is 0 Å². The maximum atomic E-state index is 14.5. The van der Waals surface area contributed by atoms with E-state index in [2.05, 4.69) is 9.72 Å². The highest BCUT2D eigenvalue weighted by Crippen LogP contribution is 2.65. The first-order chi connectivity index (χ1) is 12.8. The molecule has 1 aliphatic heterocycles. The number of pyridine rings is 1. The van der Waals surface area contributed by atoms with Crippen molar-refractivity contribution in [3.8, 4) is 11.8 Å². The van der Waals surface area contributed by atoms with E-state index in [0.717, 1.165) is 0 Å². The molecule has 0 bridgehead atoms. The second-order valence-electron chi connectivity index (χ2n) is 6.92. The Bertz CT molecular complexity index is 835. The normalized spacial score (nSPS) is 27.6. The van der Waals surface area contributed by atoms with E-state index < -0.39 is 46.8 Å². The smallest absolute Gasteiger partial charge is 0.422 e. The summed E-state index contributed by atoms with van der Waals surface area (Å²) in [5, 5.41) is 4.92. The Kier molecular flexibility index (Phi) is 5.21. The van der Waals surface area contributed by atoms with Gasteiger partial charge >= 0.3 is 6.18 Å². The topological polar surface area (TPSA) is 94.8 Å². The number of nitrogens with zero attached hydrogens (tertiary/aromatic N) is 2. The predicted molar refractivity (Wildman–Crippen MR) is 86.1 cm³/mol. The van der Waals surface area contributed by atoms with E-state index in [1.165, 1.54) is 18.2 Å². The van der Waals surface area contributed by atoms with Gasteiger partial charge in [0.2, 0.25) is 11.8 Å². The lowest BCUT2D eigenvalue weighted by atomic mass is 9.88. The second-order valence-corrected chi connectivity index (χ2v) is 8.47. The van der Waals surface area contributed by atoms with Gasteiger partial charge in [-0.05, 0) is 12.8 Å². The molecule has 0 amide bonds. The highest BCUT2D eigenvalue weighted by atomic mass is 32.2.